The molecule has 13 heteroatoms. The number of halogens is 1. The van der Waals surface area contributed by atoms with Crippen LogP contribution in [0.4, 0.5) is 22.7 Å². The molecule has 1 unspecified atom stereocenters. The number of non-ortho nitro benzene ring substituents is 1. The van der Waals surface area contributed by atoms with Gasteiger partial charge in [0.25, 0.3) is 11.6 Å². The first kappa shape index (κ1) is 38.7. The molecule has 0 aliphatic rings. The molecule has 11 nitrogen and oxygen atoms in total. The lowest BCUT2D eigenvalue weighted by molar-refractivity contribution is -0.384. The topological polar surface area (TPSA) is 174 Å². The number of ketones is 1. The molecule has 0 radical (unpaired) electrons. The molecule has 254 valence electrons. The maximum atomic E-state index is 12.9. The SMILES string of the molecule is CCCCCCCCCCCCCCCCS(=O)(=O)Nc1ccc(Cl)c(NC(=O)C(N=Cc2ccc([N+](=O)[O-])cc2N)C(C)=O)c1. The van der Waals surface area contributed by atoms with E-state index in [1.807, 2.05) is 0 Å². The van der Waals surface area contributed by atoms with Gasteiger partial charge in [0.05, 0.1) is 27.1 Å². The molecule has 0 saturated heterocycles. The lowest BCUT2D eigenvalue weighted by Gasteiger charge is -2.14. The van der Waals surface area contributed by atoms with Crippen LogP contribution in [0.25, 0.3) is 0 Å². The van der Waals surface area contributed by atoms with Crippen molar-refractivity contribution in [1.82, 2.24) is 0 Å². The van der Waals surface area contributed by atoms with Crippen LogP contribution >= 0.6 is 11.6 Å². The second kappa shape index (κ2) is 20.6. The Balaban J connectivity index is 1.82. The molecule has 1 atom stereocenters. The number of amides is 1. The fourth-order valence-electron chi connectivity index (χ4n) is 4.91. The lowest BCUT2D eigenvalue weighted by atomic mass is 10.0. The zero-order valence-electron chi connectivity index (χ0n) is 26.9. The van der Waals surface area contributed by atoms with Crippen molar-refractivity contribution in [3.8, 4) is 0 Å². The monoisotopic (exact) mass is 677 g/mol. The van der Waals surface area contributed by atoms with Crippen molar-refractivity contribution >= 4 is 62.3 Å². The molecule has 2 rings (SSSR count). The number of unbranched alkanes of at least 4 members (excludes halogenated alkanes) is 13. The Morgan fingerprint density at radius 3 is 2.02 bits per heavy atom. The van der Waals surface area contributed by atoms with Gasteiger partial charge in [-0.15, -0.1) is 0 Å². The quantitative estimate of drug-likeness (QED) is 0.0266. The minimum Gasteiger partial charge on any atom is -0.398 e. The molecule has 2 aromatic rings. The van der Waals surface area contributed by atoms with E-state index in [-0.39, 0.29) is 39.1 Å². The van der Waals surface area contributed by atoms with Crippen molar-refractivity contribution in [3.05, 3.63) is 57.1 Å². The van der Waals surface area contributed by atoms with Crippen LogP contribution in [0, 0.1) is 10.1 Å². The molecule has 2 aromatic carbocycles. The molecule has 0 saturated carbocycles. The van der Waals surface area contributed by atoms with Gasteiger partial charge in [-0.2, -0.15) is 0 Å². The third kappa shape index (κ3) is 14.7. The van der Waals surface area contributed by atoms with Crippen LogP contribution in [0.1, 0.15) is 109 Å². The fourth-order valence-corrected chi connectivity index (χ4v) is 6.25. The number of nitrogens with zero attached hydrogens (tertiary/aromatic N) is 2. The van der Waals surface area contributed by atoms with E-state index in [4.69, 9.17) is 17.3 Å². The van der Waals surface area contributed by atoms with Crippen molar-refractivity contribution in [2.75, 3.05) is 21.5 Å². The summed E-state index contributed by atoms with van der Waals surface area (Å²) in [5.41, 5.74) is 6.29. The molecule has 1 amide bonds. The molecule has 0 bridgehead atoms. The number of anilines is 3. The highest BCUT2D eigenvalue weighted by molar-refractivity contribution is 7.92. The van der Waals surface area contributed by atoms with Gasteiger partial charge in [-0.05, 0) is 37.6 Å². The van der Waals surface area contributed by atoms with Gasteiger partial charge in [0.15, 0.2) is 11.8 Å². The molecule has 0 aliphatic carbocycles. The van der Waals surface area contributed by atoms with Crippen LogP contribution < -0.4 is 15.8 Å². The second-order valence-corrected chi connectivity index (χ2v) is 13.8. The van der Waals surface area contributed by atoms with Gasteiger partial charge in [0.1, 0.15) is 0 Å². The number of hydrogen-bond acceptors (Lipinski definition) is 8. The van der Waals surface area contributed by atoms with Crippen LogP contribution in [0.2, 0.25) is 5.02 Å². The zero-order chi connectivity index (χ0) is 34.0. The van der Waals surface area contributed by atoms with Crippen LogP contribution in [-0.2, 0) is 19.6 Å². The summed E-state index contributed by atoms with van der Waals surface area (Å²) in [6, 6.07) is 6.56. The van der Waals surface area contributed by atoms with Crippen molar-refractivity contribution < 1.29 is 22.9 Å². The Labute approximate surface area is 278 Å². The van der Waals surface area contributed by atoms with Crippen LogP contribution in [-0.4, -0.2) is 43.0 Å². The summed E-state index contributed by atoms with van der Waals surface area (Å²) in [4.78, 5) is 39.5. The summed E-state index contributed by atoms with van der Waals surface area (Å²) >= 11 is 6.25. The smallest absolute Gasteiger partial charge is 0.271 e. The Kier molecular flexibility index (Phi) is 17.3. The number of sulfonamides is 1. The summed E-state index contributed by atoms with van der Waals surface area (Å²) in [6.07, 6.45) is 17.7. The Morgan fingerprint density at radius 1 is 0.935 bits per heavy atom. The highest BCUT2D eigenvalue weighted by Crippen LogP contribution is 2.27. The molecule has 4 N–H and O–H groups in total. The third-order valence-electron chi connectivity index (χ3n) is 7.54. The van der Waals surface area contributed by atoms with Crippen molar-refractivity contribution in [1.29, 1.82) is 0 Å². The number of Topliss-reactive ketones (excluding diaryl/α,β-unsaturated/α-hetero) is 1. The summed E-state index contributed by atoms with van der Waals surface area (Å²) < 4.78 is 27.9. The van der Waals surface area contributed by atoms with E-state index in [1.54, 1.807) is 0 Å². The molecule has 0 aliphatic heterocycles. The highest BCUT2D eigenvalue weighted by atomic mass is 35.5. The first-order valence-corrected chi connectivity index (χ1v) is 18.1. The first-order chi connectivity index (χ1) is 21.9. The maximum absolute atomic E-state index is 12.9. The van der Waals surface area contributed by atoms with E-state index in [2.05, 4.69) is 22.0 Å². The van der Waals surface area contributed by atoms with Crippen LogP contribution in [0.15, 0.2) is 41.4 Å². The molecule has 0 aromatic heterocycles. The molecule has 0 heterocycles. The summed E-state index contributed by atoms with van der Waals surface area (Å²) in [5.74, 6) is -1.40. The van der Waals surface area contributed by atoms with Gasteiger partial charge in [0.2, 0.25) is 10.0 Å². The Bertz CT molecular complexity index is 1430. The number of nitrogen functional groups attached to an aromatic ring is 1. The molecular weight excluding hydrogens is 630 g/mol. The minimum absolute atomic E-state index is 0.0255. The first-order valence-electron chi connectivity index (χ1n) is 16.1. The maximum Gasteiger partial charge on any atom is 0.271 e. The van der Waals surface area contributed by atoms with Crippen LogP contribution in [0.5, 0.6) is 0 Å². The summed E-state index contributed by atoms with van der Waals surface area (Å²) in [6.45, 7) is 3.42. The largest absolute Gasteiger partial charge is 0.398 e. The number of carbonyl (C=O) groups is 2. The molecule has 46 heavy (non-hydrogen) atoms. The normalized spacial score (nSPS) is 12.2. The number of nitro benzene ring substituents is 1. The lowest BCUT2D eigenvalue weighted by Crippen LogP contribution is -2.32. The van der Waals surface area contributed by atoms with Gasteiger partial charge >= 0.3 is 0 Å². The zero-order valence-corrected chi connectivity index (χ0v) is 28.5. The van der Waals surface area contributed by atoms with Crippen molar-refractivity contribution in [2.24, 2.45) is 4.99 Å². The second-order valence-electron chi connectivity index (χ2n) is 11.6. The highest BCUT2D eigenvalue weighted by Gasteiger charge is 2.23. The summed E-state index contributed by atoms with van der Waals surface area (Å²) in [5, 5.41) is 13.6. The number of aliphatic imine (C=N–C) groups is 1. The molecular formula is C33H48ClN5O6S. The average Bonchev–Trinajstić information content (AvgIpc) is 2.99. The number of nitro groups is 1. The van der Waals surface area contributed by atoms with Crippen molar-refractivity contribution in [2.45, 2.75) is 110 Å². The van der Waals surface area contributed by atoms with Gasteiger partial charge < -0.3 is 11.1 Å². The number of benzene rings is 2. The van der Waals surface area contributed by atoms with E-state index in [0.717, 1.165) is 25.3 Å². The van der Waals surface area contributed by atoms with E-state index in [1.165, 1.54) is 108 Å². The Hall–Kier alpha value is -3.51. The predicted molar refractivity (Wildman–Crippen MR) is 187 cm³/mol. The summed E-state index contributed by atoms with van der Waals surface area (Å²) in [7, 11) is -3.63. The van der Waals surface area contributed by atoms with E-state index in [0.29, 0.717) is 6.42 Å². The average molecular weight is 678 g/mol. The number of carbonyl (C=O) groups excluding carboxylic acids is 2. The molecule has 0 fully saturated rings. The number of hydrogen-bond donors (Lipinski definition) is 3. The standard InChI is InChI=1S/C33H48ClN5O6S/c1-3-4-5-6-7-8-9-10-11-12-13-14-15-16-21-46(44,45)38-27-18-20-29(34)31(22-27)37-33(41)32(25(2)40)36-24-26-17-19-28(39(42)43)23-30(26)35/h17-20,22-24,32,38H,3-16,21,35H2,1-2H3,(H,37,41). The number of nitrogens with two attached hydrogens (primary N) is 1. The number of nitrogens with one attached hydrogen (secondary N) is 2. The Morgan fingerprint density at radius 2 is 1.50 bits per heavy atom. The van der Waals surface area contributed by atoms with E-state index >= 15 is 0 Å². The van der Waals surface area contributed by atoms with E-state index < -0.39 is 32.7 Å². The van der Waals surface area contributed by atoms with Gasteiger partial charge in [-0.25, -0.2) is 8.42 Å². The predicted octanol–water partition coefficient (Wildman–Crippen LogP) is 8.07. The minimum atomic E-state index is -3.63. The van der Waals surface area contributed by atoms with Gasteiger partial charge in [-0.1, -0.05) is 102 Å². The third-order valence-corrected chi connectivity index (χ3v) is 9.24. The molecule has 0 spiro atoms. The fraction of sp³-hybridized carbons (Fsp3) is 0.545. The van der Waals surface area contributed by atoms with Crippen LogP contribution in [0.3, 0.4) is 0 Å². The van der Waals surface area contributed by atoms with E-state index in [9.17, 15) is 28.1 Å². The van der Waals surface area contributed by atoms with Crippen molar-refractivity contribution in [3.63, 3.8) is 0 Å². The number of rotatable bonds is 23. The van der Waals surface area contributed by atoms with Gasteiger partial charge in [0, 0.05) is 29.6 Å². The van der Waals surface area contributed by atoms with Gasteiger partial charge in [-0.3, -0.25) is 29.4 Å².